The Balaban J connectivity index is 1.20. The predicted octanol–water partition coefficient (Wildman–Crippen LogP) is 3.25. The molecular weight excluding hydrogens is 436 g/mol. The van der Waals surface area contributed by atoms with E-state index >= 15 is 0 Å². The molecule has 0 radical (unpaired) electrons. The van der Waals surface area contributed by atoms with Gasteiger partial charge in [-0.25, -0.2) is 9.59 Å². The highest BCUT2D eigenvalue weighted by molar-refractivity contribution is 5.79. The van der Waals surface area contributed by atoms with Gasteiger partial charge < -0.3 is 24.8 Å². The number of ether oxygens (including phenoxy) is 2. The lowest BCUT2D eigenvalue weighted by Crippen LogP contribution is -2.48. The Labute approximate surface area is 198 Å². The summed E-state index contributed by atoms with van der Waals surface area (Å²) >= 11 is 0. The lowest BCUT2D eigenvalue weighted by molar-refractivity contribution is -0.159. The lowest BCUT2D eigenvalue weighted by atomic mass is 9.98. The fourth-order valence-corrected chi connectivity index (χ4v) is 4.62. The van der Waals surface area contributed by atoms with Crippen LogP contribution in [0.2, 0.25) is 0 Å². The summed E-state index contributed by atoms with van der Waals surface area (Å²) in [6.07, 6.45) is -0.539. The minimum absolute atomic E-state index is 0.0119. The van der Waals surface area contributed by atoms with E-state index in [-0.39, 0.29) is 37.5 Å². The number of nitrogens with zero attached hydrogens (tertiary/aromatic N) is 1. The van der Waals surface area contributed by atoms with E-state index in [4.69, 9.17) is 14.6 Å². The first-order valence-electron chi connectivity index (χ1n) is 11.6. The third kappa shape index (κ3) is 5.39. The summed E-state index contributed by atoms with van der Waals surface area (Å²) in [4.78, 5) is 37.4. The summed E-state index contributed by atoms with van der Waals surface area (Å²) in [6, 6.07) is 16.4. The summed E-state index contributed by atoms with van der Waals surface area (Å²) in [5, 5.41) is 11.9. The number of morpholine rings is 1. The zero-order chi connectivity index (χ0) is 24.1. The van der Waals surface area contributed by atoms with E-state index in [0.29, 0.717) is 25.9 Å². The number of carboxylic acids is 1. The molecule has 2 aliphatic rings. The Morgan fingerprint density at radius 2 is 1.76 bits per heavy atom. The Hall–Kier alpha value is -3.39. The summed E-state index contributed by atoms with van der Waals surface area (Å²) < 4.78 is 10.7. The molecule has 0 spiro atoms. The number of nitrogens with one attached hydrogen (secondary N) is 1. The maximum Gasteiger partial charge on any atom is 0.407 e. The molecule has 1 aliphatic carbocycles. The number of carbonyl (C=O) groups is 3. The average molecular weight is 467 g/mol. The van der Waals surface area contributed by atoms with E-state index in [9.17, 15) is 14.4 Å². The first kappa shape index (κ1) is 23.8. The van der Waals surface area contributed by atoms with Gasteiger partial charge in [0.25, 0.3) is 0 Å². The van der Waals surface area contributed by atoms with Crippen LogP contribution in [0.15, 0.2) is 48.5 Å². The average Bonchev–Trinajstić information content (AvgIpc) is 3.16. The maximum atomic E-state index is 12.5. The predicted molar refractivity (Wildman–Crippen MR) is 125 cm³/mol. The molecule has 0 aromatic heterocycles. The minimum atomic E-state index is -1.06. The van der Waals surface area contributed by atoms with Crippen LogP contribution in [0.3, 0.4) is 0 Å². The molecule has 2 amide bonds. The highest BCUT2D eigenvalue weighted by Crippen LogP contribution is 2.44. The molecular formula is C26H30N2O6. The number of alkyl carbamates (subject to hydrolysis) is 1. The number of aliphatic carboxylic acids is 1. The van der Waals surface area contributed by atoms with Crippen LogP contribution < -0.4 is 5.32 Å². The van der Waals surface area contributed by atoms with Crippen molar-refractivity contribution >= 4 is 18.0 Å². The zero-order valence-corrected chi connectivity index (χ0v) is 19.2. The molecule has 180 valence electrons. The van der Waals surface area contributed by atoms with Crippen LogP contribution in [0, 0.1) is 5.92 Å². The number of carbonyl (C=O) groups excluding carboxylic acids is 2. The number of carboxylic acid groups (broad SMARTS) is 1. The van der Waals surface area contributed by atoms with Gasteiger partial charge >= 0.3 is 12.1 Å². The molecule has 8 heteroatoms. The van der Waals surface area contributed by atoms with Gasteiger partial charge in [0.05, 0.1) is 13.2 Å². The molecule has 34 heavy (non-hydrogen) atoms. The second kappa shape index (κ2) is 10.7. The van der Waals surface area contributed by atoms with E-state index in [2.05, 4.69) is 29.6 Å². The molecule has 1 heterocycles. The van der Waals surface area contributed by atoms with Gasteiger partial charge in [-0.05, 0) is 34.6 Å². The topological polar surface area (TPSA) is 105 Å². The van der Waals surface area contributed by atoms with Crippen molar-refractivity contribution < 1.29 is 29.0 Å². The van der Waals surface area contributed by atoms with E-state index in [1.807, 2.05) is 31.2 Å². The highest BCUT2D eigenvalue weighted by atomic mass is 16.5. The fourth-order valence-electron chi connectivity index (χ4n) is 4.62. The Bertz CT molecular complexity index is 1010. The molecule has 4 rings (SSSR count). The van der Waals surface area contributed by atoms with Crippen LogP contribution in [0.25, 0.3) is 11.1 Å². The largest absolute Gasteiger partial charge is 0.479 e. The lowest BCUT2D eigenvalue weighted by Gasteiger charge is -2.31. The van der Waals surface area contributed by atoms with Gasteiger partial charge in [0.15, 0.2) is 6.10 Å². The maximum absolute atomic E-state index is 12.5. The highest BCUT2D eigenvalue weighted by Gasteiger charge is 2.30. The van der Waals surface area contributed by atoms with Crippen LogP contribution in [0.1, 0.15) is 36.8 Å². The molecule has 2 atom stereocenters. The summed E-state index contributed by atoms with van der Waals surface area (Å²) in [5.41, 5.74) is 4.69. The number of hydrogen-bond donors (Lipinski definition) is 2. The van der Waals surface area contributed by atoms with Gasteiger partial charge in [-0.15, -0.1) is 0 Å². The van der Waals surface area contributed by atoms with Crippen molar-refractivity contribution in [3.8, 4) is 11.1 Å². The third-order valence-electron chi connectivity index (χ3n) is 6.47. The van der Waals surface area contributed by atoms with Crippen LogP contribution in [0.4, 0.5) is 4.79 Å². The Kier molecular flexibility index (Phi) is 7.47. The Morgan fingerprint density at radius 1 is 1.12 bits per heavy atom. The minimum Gasteiger partial charge on any atom is -0.479 e. The molecule has 1 fully saturated rings. The van der Waals surface area contributed by atoms with Crippen molar-refractivity contribution in [1.29, 1.82) is 0 Å². The molecule has 2 unspecified atom stereocenters. The van der Waals surface area contributed by atoms with Crippen LogP contribution in [-0.2, 0) is 19.1 Å². The first-order chi connectivity index (χ1) is 16.4. The van der Waals surface area contributed by atoms with Crippen LogP contribution >= 0.6 is 0 Å². The van der Waals surface area contributed by atoms with Crippen molar-refractivity contribution in [3.05, 3.63) is 59.7 Å². The van der Waals surface area contributed by atoms with Gasteiger partial charge in [-0.2, -0.15) is 0 Å². The molecule has 0 saturated carbocycles. The van der Waals surface area contributed by atoms with Gasteiger partial charge in [0, 0.05) is 25.4 Å². The Morgan fingerprint density at radius 3 is 2.41 bits per heavy atom. The molecule has 2 N–H and O–H groups in total. The number of benzene rings is 2. The van der Waals surface area contributed by atoms with Gasteiger partial charge in [-0.1, -0.05) is 55.5 Å². The molecule has 1 saturated heterocycles. The van der Waals surface area contributed by atoms with E-state index < -0.39 is 18.2 Å². The van der Waals surface area contributed by atoms with E-state index in [1.165, 1.54) is 16.0 Å². The van der Waals surface area contributed by atoms with Crippen molar-refractivity contribution in [3.63, 3.8) is 0 Å². The third-order valence-corrected chi connectivity index (χ3v) is 6.47. The quantitative estimate of drug-likeness (QED) is 0.619. The molecule has 8 nitrogen and oxygen atoms in total. The zero-order valence-electron chi connectivity index (χ0n) is 19.2. The normalized spacial score (nSPS) is 18.0. The number of rotatable bonds is 8. The molecule has 2 aromatic rings. The standard InChI is InChI=1S/C26H30N2O6/c1-17(14-24(29)28-12-13-33-23(15-28)25(30)31)10-11-27-26(32)34-16-22-20-8-4-2-6-18(20)19-7-3-5-9-21(19)22/h2-9,17,22-23H,10-16H2,1H3,(H,27,32)(H,30,31). The van der Waals surface area contributed by atoms with Crippen molar-refractivity contribution in [1.82, 2.24) is 10.2 Å². The van der Waals surface area contributed by atoms with Crippen molar-refractivity contribution in [2.45, 2.75) is 31.8 Å². The van der Waals surface area contributed by atoms with E-state index in [1.54, 1.807) is 0 Å². The van der Waals surface area contributed by atoms with Gasteiger partial charge in [0.1, 0.15) is 6.61 Å². The monoisotopic (exact) mass is 466 g/mol. The van der Waals surface area contributed by atoms with Crippen LogP contribution in [0.5, 0.6) is 0 Å². The number of amides is 2. The molecule has 1 aliphatic heterocycles. The van der Waals surface area contributed by atoms with Crippen LogP contribution in [-0.4, -0.2) is 66.9 Å². The number of hydrogen-bond acceptors (Lipinski definition) is 5. The van der Waals surface area contributed by atoms with Crippen molar-refractivity contribution in [2.75, 3.05) is 32.8 Å². The second-order valence-electron chi connectivity index (χ2n) is 8.89. The molecule has 0 bridgehead atoms. The summed E-state index contributed by atoms with van der Waals surface area (Å²) in [7, 11) is 0. The second-order valence-corrected chi connectivity index (χ2v) is 8.89. The number of fused-ring (bicyclic) bond motifs is 3. The summed E-state index contributed by atoms with van der Waals surface area (Å²) in [5.74, 6) is -1.11. The van der Waals surface area contributed by atoms with Gasteiger partial charge in [-0.3, -0.25) is 4.79 Å². The fraction of sp³-hybridized carbons (Fsp3) is 0.423. The first-order valence-corrected chi connectivity index (χ1v) is 11.6. The smallest absolute Gasteiger partial charge is 0.407 e. The van der Waals surface area contributed by atoms with E-state index in [0.717, 1.165) is 11.1 Å². The van der Waals surface area contributed by atoms with Crippen molar-refractivity contribution in [2.24, 2.45) is 5.92 Å². The summed E-state index contributed by atoms with van der Waals surface area (Å²) in [6.45, 7) is 3.28. The molecule has 2 aromatic carbocycles. The van der Waals surface area contributed by atoms with Gasteiger partial charge in [0.2, 0.25) is 5.91 Å². The SMILES string of the molecule is CC(CCNC(=O)OCC1c2ccccc2-c2ccccc21)CC(=O)N1CCOC(C(=O)O)C1.